The molecule has 0 radical (unpaired) electrons. The summed E-state index contributed by atoms with van der Waals surface area (Å²) in [5, 5.41) is 10.1. The van der Waals surface area contributed by atoms with Crippen molar-refractivity contribution in [2.75, 3.05) is 13.1 Å². The Morgan fingerprint density at radius 2 is 2.19 bits per heavy atom. The molecule has 2 aliphatic rings. The van der Waals surface area contributed by atoms with Gasteiger partial charge in [0, 0.05) is 17.8 Å². The lowest BCUT2D eigenvalue weighted by molar-refractivity contribution is 0.408. The zero-order valence-corrected chi connectivity index (χ0v) is 11.7. The predicted molar refractivity (Wildman–Crippen MR) is 76.2 cm³/mol. The van der Waals surface area contributed by atoms with E-state index in [0.717, 1.165) is 18.3 Å². The molecule has 4 nitrogen and oxygen atoms in total. The van der Waals surface area contributed by atoms with Gasteiger partial charge in [-0.25, -0.2) is 0 Å². The van der Waals surface area contributed by atoms with Gasteiger partial charge in [0.1, 0.15) is 5.50 Å². The van der Waals surface area contributed by atoms with Gasteiger partial charge in [0.15, 0.2) is 5.17 Å². The van der Waals surface area contributed by atoms with Crippen molar-refractivity contribution in [2.24, 2.45) is 4.99 Å². The quantitative estimate of drug-likeness (QED) is 0.422. The minimum absolute atomic E-state index is 0.0712. The number of aliphatic imine (C=N–C) groups is 1. The Morgan fingerprint density at radius 1 is 1.50 bits per heavy atom. The Labute approximate surface area is 108 Å². The minimum Gasteiger partial charge on any atom is -0.365 e. The molecule has 0 aromatic carbocycles. The monoisotopic (exact) mass is 260 g/mol. The van der Waals surface area contributed by atoms with Crippen LogP contribution in [0.1, 0.15) is 20.8 Å². The second-order valence-electron chi connectivity index (χ2n) is 4.37. The van der Waals surface area contributed by atoms with Crippen LogP contribution in [0.2, 0.25) is 0 Å². The molecular weight excluding hydrogens is 240 g/mol. The summed E-state index contributed by atoms with van der Waals surface area (Å²) in [6.07, 6.45) is 2.15. The van der Waals surface area contributed by atoms with Crippen LogP contribution in [-0.2, 0) is 0 Å². The Hall–Kier alpha value is -0.330. The van der Waals surface area contributed by atoms with E-state index >= 15 is 0 Å². The lowest BCUT2D eigenvalue weighted by Gasteiger charge is -2.33. The predicted octanol–water partition coefficient (Wildman–Crippen LogP) is 0.950. The highest BCUT2D eigenvalue weighted by atomic mass is 32.1. The first-order valence-electron chi connectivity index (χ1n) is 5.28. The number of hydrogen-bond donors (Lipinski definition) is 5. The first-order valence-corrected chi connectivity index (χ1v) is 6.24. The average Bonchev–Trinajstić information content (AvgIpc) is 2.51. The molecule has 2 aliphatic heterocycles. The molecule has 3 N–H and O–H groups in total. The van der Waals surface area contributed by atoms with Gasteiger partial charge in [-0.15, -0.1) is 25.3 Å². The largest absolute Gasteiger partial charge is 0.365 e. The molecule has 16 heavy (non-hydrogen) atoms. The second-order valence-corrected chi connectivity index (χ2v) is 5.31. The van der Waals surface area contributed by atoms with E-state index in [1.165, 1.54) is 5.70 Å². The van der Waals surface area contributed by atoms with Crippen molar-refractivity contribution >= 4 is 30.4 Å². The second kappa shape index (κ2) is 5.84. The average molecular weight is 260 g/mol. The molecule has 0 saturated heterocycles. The van der Waals surface area contributed by atoms with Gasteiger partial charge in [0.25, 0.3) is 0 Å². The number of amidine groups is 1. The molecule has 1 atom stereocenters. The van der Waals surface area contributed by atoms with Crippen LogP contribution in [0.4, 0.5) is 0 Å². The van der Waals surface area contributed by atoms with Crippen molar-refractivity contribution < 1.29 is 0 Å². The van der Waals surface area contributed by atoms with E-state index in [1.807, 2.05) is 6.92 Å². The fourth-order valence-corrected chi connectivity index (χ4v) is 2.36. The highest BCUT2D eigenvalue weighted by molar-refractivity contribution is 7.96. The van der Waals surface area contributed by atoms with Crippen LogP contribution in [-0.4, -0.2) is 29.3 Å². The SMILES string of the molecule is CC1=CC(C)(C)NC(S)N1.SC1=NCCN1. The zero-order valence-electron chi connectivity index (χ0n) is 9.91. The third kappa shape index (κ3) is 5.14. The molecule has 0 aliphatic carbocycles. The van der Waals surface area contributed by atoms with Gasteiger partial charge in [-0.2, -0.15) is 0 Å². The van der Waals surface area contributed by atoms with E-state index in [0.29, 0.717) is 0 Å². The van der Waals surface area contributed by atoms with Crippen molar-refractivity contribution in [3.63, 3.8) is 0 Å². The van der Waals surface area contributed by atoms with E-state index in [1.54, 1.807) is 0 Å². The molecule has 0 saturated carbocycles. The maximum absolute atomic E-state index is 4.27. The normalized spacial score (nSPS) is 26.7. The van der Waals surface area contributed by atoms with Crippen molar-refractivity contribution in [1.82, 2.24) is 16.0 Å². The summed E-state index contributed by atoms with van der Waals surface area (Å²) < 4.78 is 0. The third-order valence-electron chi connectivity index (χ3n) is 2.11. The summed E-state index contributed by atoms with van der Waals surface area (Å²) in [6.45, 7) is 8.14. The minimum atomic E-state index is 0.0712. The van der Waals surface area contributed by atoms with Crippen LogP contribution >= 0.6 is 25.3 Å². The molecule has 0 bridgehead atoms. The molecule has 1 unspecified atom stereocenters. The smallest absolute Gasteiger partial charge is 0.153 e. The van der Waals surface area contributed by atoms with Gasteiger partial charge in [-0.3, -0.25) is 10.3 Å². The molecule has 0 aromatic rings. The van der Waals surface area contributed by atoms with E-state index in [9.17, 15) is 0 Å². The van der Waals surface area contributed by atoms with Crippen LogP contribution in [0.15, 0.2) is 16.8 Å². The Balaban J connectivity index is 0.000000181. The van der Waals surface area contributed by atoms with E-state index in [2.05, 4.69) is 66.1 Å². The summed E-state index contributed by atoms with van der Waals surface area (Å²) in [7, 11) is 0. The summed E-state index contributed by atoms with van der Waals surface area (Å²) in [5.41, 5.74) is 1.34. The van der Waals surface area contributed by atoms with Crippen LogP contribution in [0.5, 0.6) is 0 Å². The molecule has 0 aromatic heterocycles. The number of nitrogens with zero attached hydrogens (tertiary/aromatic N) is 1. The van der Waals surface area contributed by atoms with Gasteiger partial charge in [0.05, 0.1) is 6.54 Å². The maximum atomic E-state index is 4.27. The van der Waals surface area contributed by atoms with Gasteiger partial charge in [-0.05, 0) is 26.8 Å². The Kier molecular flexibility index (Phi) is 5.01. The fraction of sp³-hybridized carbons (Fsp3) is 0.700. The fourth-order valence-electron chi connectivity index (χ4n) is 1.61. The molecule has 92 valence electrons. The van der Waals surface area contributed by atoms with Crippen LogP contribution in [0.3, 0.4) is 0 Å². The molecule has 2 heterocycles. The summed E-state index contributed by atoms with van der Waals surface area (Å²) in [5.74, 6) is 0. The summed E-state index contributed by atoms with van der Waals surface area (Å²) in [4.78, 5) is 3.91. The van der Waals surface area contributed by atoms with Gasteiger partial charge in [0.2, 0.25) is 0 Å². The topological polar surface area (TPSA) is 48.5 Å². The standard InChI is InChI=1S/C7H14N2S.C3H6N2S/c1-5-4-7(2,3)9-6(10)8-5;6-3-4-1-2-5-3/h4,6,8-10H,1-3H3;1-2H2,(H2,4,5,6). The van der Waals surface area contributed by atoms with E-state index in [4.69, 9.17) is 0 Å². The highest BCUT2D eigenvalue weighted by Gasteiger charge is 2.21. The number of allylic oxidation sites excluding steroid dienone is 1. The van der Waals surface area contributed by atoms with Crippen molar-refractivity contribution in [3.05, 3.63) is 11.8 Å². The lowest BCUT2D eigenvalue weighted by Crippen LogP contribution is -2.52. The lowest BCUT2D eigenvalue weighted by atomic mass is 10.0. The summed E-state index contributed by atoms with van der Waals surface area (Å²) in [6, 6.07) is 0. The molecule has 0 amide bonds. The van der Waals surface area contributed by atoms with Crippen molar-refractivity contribution in [1.29, 1.82) is 0 Å². The van der Waals surface area contributed by atoms with Gasteiger partial charge >= 0.3 is 0 Å². The molecule has 0 fully saturated rings. The van der Waals surface area contributed by atoms with Crippen LogP contribution < -0.4 is 16.0 Å². The first kappa shape index (κ1) is 13.7. The molecule has 2 rings (SSSR count). The van der Waals surface area contributed by atoms with E-state index < -0.39 is 0 Å². The number of thiol groups is 2. The van der Waals surface area contributed by atoms with Crippen molar-refractivity contribution in [3.8, 4) is 0 Å². The van der Waals surface area contributed by atoms with E-state index in [-0.39, 0.29) is 11.0 Å². The first-order chi connectivity index (χ1) is 7.39. The zero-order chi connectivity index (χ0) is 12.2. The number of rotatable bonds is 0. The Morgan fingerprint density at radius 3 is 2.50 bits per heavy atom. The molecule has 6 heteroatoms. The van der Waals surface area contributed by atoms with Gasteiger partial charge < -0.3 is 10.6 Å². The summed E-state index contributed by atoms with van der Waals surface area (Å²) >= 11 is 8.20. The number of nitrogens with one attached hydrogen (secondary N) is 3. The van der Waals surface area contributed by atoms with Crippen molar-refractivity contribution in [2.45, 2.75) is 31.8 Å². The highest BCUT2D eigenvalue weighted by Crippen LogP contribution is 2.13. The van der Waals surface area contributed by atoms with Crippen LogP contribution in [0.25, 0.3) is 0 Å². The molecule has 0 spiro atoms. The van der Waals surface area contributed by atoms with Crippen LogP contribution in [0, 0.1) is 0 Å². The maximum Gasteiger partial charge on any atom is 0.153 e. The van der Waals surface area contributed by atoms with Gasteiger partial charge in [-0.1, -0.05) is 0 Å². The number of hydrogen-bond acceptors (Lipinski definition) is 5. The third-order valence-corrected chi connectivity index (χ3v) is 2.66. The molecular formula is C10H20N4S2. The Bertz CT molecular complexity index is 299.